The second-order valence-electron chi connectivity index (χ2n) is 0.143. The van der Waals surface area contributed by atoms with E-state index in [-0.39, 0.29) is 36.9 Å². The van der Waals surface area contributed by atoms with Crippen molar-refractivity contribution in [2.75, 3.05) is 0 Å². The third-order valence-electron chi connectivity index (χ3n) is 0. The molecule has 10 heteroatoms. The molecule has 0 unspecified atom stereocenters. The Morgan fingerprint density at radius 2 is 0.500 bits per heavy atom. The molecule has 0 bridgehead atoms. The van der Waals surface area contributed by atoms with E-state index >= 15 is 0 Å². The van der Waals surface area contributed by atoms with Crippen molar-refractivity contribution in [2.45, 2.75) is 0 Å². The first kappa shape index (κ1) is 65.1. The van der Waals surface area contributed by atoms with E-state index in [1.165, 1.54) is 0 Å². The molecule has 0 spiro atoms. The second-order valence-corrected chi connectivity index (χ2v) is 10.5. The third-order valence-corrected chi connectivity index (χ3v) is 0. The van der Waals surface area contributed by atoms with Crippen LogP contribution in [0.5, 0.6) is 0 Å². The molecule has 0 aromatic rings. The van der Waals surface area contributed by atoms with Gasteiger partial charge in [0.1, 0.15) is 0 Å². The standard InChI is InChI=1S/3ClH.Ir.6H3N/h3*1H;;6*1H3/q;;;+3;;;;;;/p-3. The maximum absolute atomic E-state index is 4.97. The van der Waals surface area contributed by atoms with Crippen LogP contribution < -0.4 is 36.9 Å². The van der Waals surface area contributed by atoms with Crippen LogP contribution in [0.25, 0.3) is 0 Å². The van der Waals surface area contributed by atoms with Gasteiger partial charge in [-0.05, 0) is 0 Å². The van der Waals surface area contributed by atoms with Crippen molar-refractivity contribution in [1.82, 2.24) is 36.9 Å². The van der Waals surface area contributed by atoms with E-state index in [0.29, 0.717) is 0 Å². The Bertz CT molecular complexity index is 17.7. The SMILES string of the molecule is N.N.N.N.N.N.[Cl][Ir]([Cl])[Cl]. The van der Waals surface area contributed by atoms with Gasteiger partial charge in [0.2, 0.25) is 0 Å². The topological polar surface area (TPSA) is 210 Å². The molecule has 0 aliphatic carbocycles. The normalized spacial score (nSPS) is 4.50. The van der Waals surface area contributed by atoms with Crippen molar-refractivity contribution in [3.63, 3.8) is 0 Å². The molecule has 0 rings (SSSR count). The van der Waals surface area contributed by atoms with Gasteiger partial charge in [-0.2, -0.15) is 0 Å². The van der Waals surface area contributed by atoms with Gasteiger partial charge in [0.15, 0.2) is 0 Å². The van der Waals surface area contributed by atoms with Gasteiger partial charge in [0.05, 0.1) is 0 Å². The van der Waals surface area contributed by atoms with Crippen molar-refractivity contribution in [3.05, 3.63) is 0 Å². The molecule has 0 saturated heterocycles. The van der Waals surface area contributed by atoms with Crippen LogP contribution in [-0.2, 0) is 13.5 Å². The van der Waals surface area contributed by atoms with Crippen LogP contribution >= 0.6 is 28.8 Å². The molecule has 10 heavy (non-hydrogen) atoms. The summed E-state index contributed by atoms with van der Waals surface area (Å²) >= 11 is -1.92. The molecule has 18 N–H and O–H groups in total. The summed E-state index contributed by atoms with van der Waals surface area (Å²) in [4.78, 5) is 0. The molecule has 0 radical (unpaired) electrons. The Kier molecular flexibility index (Phi) is 315. The van der Waals surface area contributed by atoms with E-state index in [9.17, 15) is 0 Å². The molecule has 0 saturated carbocycles. The molecule has 0 aromatic carbocycles. The molecular weight excluding hydrogens is 383 g/mol. The van der Waals surface area contributed by atoms with Crippen LogP contribution in [0.4, 0.5) is 0 Å². The van der Waals surface area contributed by atoms with Gasteiger partial charge in [-0.3, -0.25) is 0 Å². The summed E-state index contributed by atoms with van der Waals surface area (Å²) in [6, 6.07) is 0. The van der Waals surface area contributed by atoms with Crippen LogP contribution in [0.2, 0.25) is 0 Å². The number of hydrogen-bond acceptors (Lipinski definition) is 6. The minimum absolute atomic E-state index is 0. The minimum atomic E-state index is -1.92. The zero-order valence-electron chi connectivity index (χ0n) is 5.71. The molecule has 6 nitrogen and oxygen atoms in total. The molecule has 0 aromatic heterocycles. The Morgan fingerprint density at radius 3 is 0.500 bits per heavy atom. The average molecular weight is 401 g/mol. The summed E-state index contributed by atoms with van der Waals surface area (Å²) < 4.78 is 0. The fourth-order valence-corrected chi connectivity index (χ4v) is 0. The predicted octanol–water partition coefficient (Wildman–Crippen LogP) is 3.04. The van der Waals surface area contributed by atoms with Crippen LogP contribution in [0.1, 0.15) is 0 Å². The summed E-state index contributed by atoms with van der Waals surface area (Å²) in [5.41, 5.74) is 0. The quantitative estimate of drug-likeness (QED) is 0.359. The molecular formula is H18Cl3IrN6. The summed E-state index contributed by atoms with van der Waals surface area (Å²) in [6.45, 7) is 0. The van der Waals surface area contributed by atoms with E-state index in [0.717, 1.165) is 0 Å². The molecule has 0 heterocycles. The fraction of sp³-hybridized carbons (Fsp3) is 0. The Balaban J connectivity index is -0.00000000300. The maximum atomic E-state index is 4.97. The van der Waals surface area contributed by atoms with Gasteiger partial charge in [0, 0.05) is 0 Å². The molecule has 78 valence electrons. The summed E-state index contributed by atoms with van der Waals surface area (Å²) in [5, 5.41) is 0. The first-order valence-electron chi connectivity index (χ1n) is 0.378. The third kappa shape index (κ3) is 389. The van der Waals surface area contributed by atoms with Gasteiger partial charge in [-0.1, -0.05) is 0 Å². The average Bonchev–Trinajstić information content (AvgIpc) is 0.811. The van der Waals surface area contributed by atoms with Crippen molar-refractivity contribution >= 4 is 28.8 Å². The van der Waals surface area contributed by atoms with Gasteiger partial charge < -0.3 is 36.9 Å². The number of rotatable bonds is 0. The number of hydrogen-bond donors (Lipinski definition) is 6. The van der Waals surface area contributed by atoms with Crippen molar-refractivity contribution in [3.8, 4) is 0 Å². The zero-order valence-corrected chi connectivity index (χ0v) is 10.4. The fourth-order valence-electron chi connectivity index (χ4n) is 0. The van der Waals surface area contributed by atoms with E-state index in [4.69, 9.17) is 28.8 Å². The second kappa shape index (κ2) is 48.3. The van der Waals surface area contributed by atoms with Crippen molar-refractivity contribution < 1.29 is 13.5 Å². The predicted molar refractivity (Wildman–Crippen MR) is 47.7 cm³/mol. The first-order valence-corrected chi connectivity index (χ1v) is 9.28. The van der Waals surface area contributed by atoms with Gasteiger partial charge in [-0.15, -0.1) is 0 Å². The molecule has 0 amide bonds. The summed E-state index contributed by atoms with van der Waals surface area (Å²) in [6.07, 6.45) is 0. The Morgan fingerprint density at radius 1 is 0.500 bits per heavy atom. The molecule has 0 aliphatic rings. The van der Waals surface area contributed by atoms with E-state index in [1.807, 2.05) is 0 Å². The molecule has 0 aliphatic heterocycles. The van der Waals surface area contributed by atoms with Crippen molar-refractivity contribution in [1.29, 1.82) is 0 Å². The molecule has 0 atom stereocenters. The van der Waals surface area contributed by atoms with E-state index < -0.39 is 13.5 Å². The van der Waals surface area contributed by atoms with Gasteiger partial charge >= 0.3 is 42.2 Å². The first-order chi connectivity index (χ1) is 1.73. The summed E-state index contributed by atoms with van der Waals surface area (Å²) in [7, 11) is 14.9. The number of halogens is 3. The van der Waals surface area contributed by atoms with Crippen LogP contribution in [-0.4, -0.2) is 0 Å². The zero-order chi connectivity index (χ0) is 3.58. The van der Waals surface area contributed by atoms with E-state index in [1.54, 1.807) is 0 Å². The van der Waals surface area contributed by atoms with Crippen LogP contribution in [0.3, 0.4) is 0 Å². The van der Waals surface area contributed by atoms with E-state index in [2.05, 4.69) is 0 Å². The van der Waals surface area contributed by atoms with Gasteiger partial charge in [-0.25, -0.2) is 0 Å². The monoisotopic (exact) mass is 400 g/mol. The van der Waals surface area contributed by atoms with Gasteiger partial charge in [0.25, 0.3) is 0 Å². The Hall–Kier alpha value is 1.28. The molecule has 0 fully saturated rings. The van der Waals surface area contributed by atoms with Crippen LogP contribution in [0, 0.1) is 0 Å². The Labute approximate surface area is 79.0 Å². The van der Waals surface area contributed by atoms with Crippen LogP contribution in [0.15, 0.2) is 0 Å². The van der Waals surface area contributed by atoms with Crippen molar-refractivity contribution in [2.24, 2.45) is 0 Å². The summed E-state index contributed by atoms with van der Waals surface area (Å²) in [5.74, 6) is 0.